The number of hydrogen-bond donors (Lipinski definition) is 2. The van der Waals surface area contributed by atoms with Crippen LogP contribution in [0.15, 0.2) is 53.6 Å². The highest BCUT2D eigenvalue weighted by Gasteiger charge is 2.11. The molecule has 6 heteroatoms. The molecule has 0 aliphatic carbocycles. The SMILES string of the molecule is CCN(CC)c1ccc(/C=N/NC(=O)C(C)Nc2ccc(Cl)cc2)cc1. The molecule has 0 heterocycles. The van der Waals surface area contributed by atoms with Crippen molar-refractivity contribution in [2.45, 2.75) is 26.8 Å². The smallest absolute Gasteiger partial charge is 0.262 e. The first-order valence-electron chi connectivity index (χ1n) is 8.73. The third-order valence-electron chi connectivity index (χ3n) is 4.03. The van der Waals surface area contributed by atoms with Crippen LogP contribution in [0.4, 0.5) is 11.4 Å². The van der Waals surface area contributed by atoms with E-state index in [0.29, 0.717) is 5.02 Å². The number of halogens is 1. The predicted molar refractivity (Wildman–Crippen MR) is 110 cm³/mol. The maximum atomic E-state index is 12.1. The average Bonchev–Trinajstić information content (AvgIpc) is 2.65. The summed E-state index contributed by atoms with van der Waals surface area (Å²) in [5.41, 5.74) is 5.49. The van der Waals surface area contributed by atoms with E-state index in [1.807, 2.05) is 24.3 Å². The van der Waals surface area contributed by atoms with Crippen molar-refractivity contribution in [2.24, 2.45) is 5.10 Å². The number of hydrogen-bond acceptors (Lipinski definition) is 4. The number of rotatable bonds is 8. The van der Waals surface area contributed by atoms with E-state index >= 15 is 0 Å². The molecule has 26 heavy (non-hydrogen) atoms. The van der Waals surface area contributed by atoms with Crippen LogP contribution in [-0.4, -0.2) is 31.3 Å². The van der Waals surface area contributed by atoms with Gasteiger partial charge in [0.1, 0.15) is 6.04 Å². The Kier molecular flexibility index (Phi) is 7.48. The van der Waals surface area contributed by atoms with Crippen LogP contribution in [0.25, 0.3) is 0 Å². The second kappa shape index (κ2) is 9.82. The first-order chi connectivity index (χ1) is 12.5. The Bertz CT molecular complexity index is 724. The number of carbonyl (C=O) groups is 1. The number of benzene rings is 2. The van der Waals surface area contributed by atoms with Gasteiger partial charge in [-0.3, -0.25) is 4.79 Å². The minimum atomic E-state index is -0.418. The van der Waals surface area contributed by atoms with Crippen molar-refractivity contribution in [2.75, 3.05) is 23.3 Å². The molecular formula is C20H25ClN4O. The van der Waals surface area contributed by atoms with Crippen molar-refractivity contribution in [3.8, 4) is 0 Å². The molecule has 2 aromatic carbocycles. The molecule has 2 aromatic rings. The van der Waals surface area contributed by atoms with E-state index in [-0.39, 0.29) is 5.91 Å². The molecule has 1 atom stereocenters. The van der Waals surface area contributed by atoms with E-state index in [0.717, 1.165) is 24.3 Å². The van der Waals surface area contributed by atoms with Gasteiger partial charge in [-0.05, 0) is 62.7 Å². The number of anilines is 2. The van der Waals surface area contributed by atoms with Crippen molar-refractivity contribution in [3.63, 3.8) is 0 Å². The third-order valence-corrected chi connectivity index (χ3v) is 4.28. The number of carbonyl (C=O) groups excluding carboxylic acids is 1. The number of amides is 1. The van der Waals surface area contributed by atoms with Crippen LogP contribution in [0, 0.1) is 0 Å². The molecule has 138 valence electrons. The molecule has 0 bridgehead atoms. The summed E-state index contributed by atoms with van der Waals surface area (Å²) >= 11 is 5.85. The molecule has 0 aliphatic rings. The molecule has 5 nitrogen and oxygen atoms in total. The van der Waals surface area contributed by atoms with E-state index < -0.39 is 6.04 Å². The highest BCUT2D eigenvalue weighted by molar-refractivity contribution is 6.30. The Morgan fingerprint density at radius 2 is 1.73 bits per heavy atom. The summed E-state index contributed by atoms with van der Waals surface area (Å²) in [4.78, 5) is 14.4. The van der Waals surface area contributed by atoms with Gasteiger partial charge in [0, 0.05) is 29.5 Å². The molecule has 0 saturated carbocycles. The molecular weight excluding hydrogens is 348 g/mol. The lowest BCUT2D eigenvalue weighted by molar-refractivity contribution is -0.121. The number of nitrogens with one attached hydrogen (secondary N) is 2. The average molecular weight is 373 g/mol. The Labute approximate surface area is 160 Å². The fraction of sp³-hybridized carbons (Fsp3) is 0.300. The monoisotopic (exact) mass is 372 g/mol. The van der Waals surface area contributed by atoms with Crippen LogP contribution in [0.3, 0.4) is 0 Å². The van der Waals surface area contributed by atoms with Crippen molar-refractivity contribution < 1.29 is 4.79 Å². The van der Waals surface area contributed by atoms with Crippen LogP contribution in [0.5, 0.6) is 0 Å². The standard InChI is InChI=1S/C20H25ClN4O/c1-4-25(5-2)19-12-6-16(7-13-19)14-22-24-20(26)15(3)23-18-10-8-17(21)9-11-18/h6-15,23H,4-5H2,1-3H3,(H,24,26)/b22-14+. The first kappa shape index (κ1) is 19.8. The van der Waals surface area contributed by atoms with Gasteiger partial charge in [0.05, 0.1) is 6.21 Å². The number of nitrogens with zero attached hydrogens (tertiary/aromatic N) is 2. The zero-order valence-electron chi connectivity index (χ0n) is 15.4. The van der Waals surface area contributed by atoms with Gasteiger partial charge in [0.2, 0.25) is 0 Å². The molecule has 0 radical (unpaired) electrons. The van der Waals surface area contributed by atoms with Crippen LogP contribution in [0.2, 0.25) is 5.02 Å². The second-order valence-corrected chi connectivity index (χ2v) is 6.31. The maximum Gasteiger partial charge on any atom is 0.262 e. The van der Waals surface area contributed by atoms with Gasteiger partial charge in [-0.1, -0.05) is 23.7 Å². The minimum Gasteiger partial charge on any atom is -0.374 e. The lowest BCUT2D eigenvalue weighted by atomic mass is 10.2. The fourth-order valence-corrected chi connectivity index (χ4v) is 2.61. The van der Waals surface area contributed by atoms with Gasteiger partial charge < -0.3 is 10.2 Å². The normalized spacial score (nSPS) is 12.0. The molecule has 2 rings (SSSR count). The zero-order chi connectivity index (χ0) is 18.9. The Morgan fingerprint density at radius 1 is 1.12 bits per heavy atom. The van der Waals surface area contributed by atoms with Crippen LogP contribution in [0.1, 0.15) is 26.3 Å². The molecule has 0 aliphatic heterocycles. The molecule has 0 fully saturated rings. The lowest BCUT2D eigenvalue weighted by Gasteiger charge is -2.20. The van der Waals surface area contributed by atoms with Crippen molar-refractivity contribution >= 4 is 35.1 Å². The van der Waals surface area contributed by atoms with Gasteiger partial charge in [-0.2, -0.15) is 5.10 Å². The summed E-state index contributed by atoms with van der Waals surface area (Å²) < 4.78 is 0. The Hall–Kier alpha value is -2.53. The van der Waals surface area contributed by atoms with Crippen molar-refractivity contribution in [1.29, 1.82) is 0 Å². The minimum absolute atomic E-state index is 0.212. The van der Waals surface area contributed by atoms with E-state index in [4.69, 9.17) is 11.6 Å². The van der Waals surface area contributed by atoms with Gasteiger partial charge in [-0.25, -0.2) is 5.43 Å². The van der Waals surface area contributed by atoms with Crippen molar-refractivity contribution in [1.82, 2.24) is 5.43 Å². The van der Waals surface area contributed by atoms with Crippen molar-refractivity contribution in [3.05, 3.63) is 59.1 Å². The quantitative estimate of drug-likeness (QED) is 0.541. The summed E-state index contributed by atoms with van der Waals surface area (Å²) in [5, 5.41) is 7.79. The van der Waals surface area contributed by atoms with Crippen LogP contribution < -0.4 is 15.6 Å². The summed E-state index contributed by atoms with van der Waals surface area (Å²) in [7, 11) is 0. The molecule has 1 unspecified atom stereocenters. The maximum absolute atomic E-state index is 12.1. The highest BCUT2D eigenvalue weighted by atomic mass is 35.5. The van der Waals surface area contributed by atoms with E-state index in [9.17, 15) is 4.79 Å². The summed E-state index contributed by atoms with van der Waals surface area (Å²) in [5.74, 6) is -0.212. The highest BCUT2D eigenvalue weighted by Crippen LogP contribution is 2.15. The second-order valence-electron chi connectivity index (χ2n) is 5.87. The Morgan fingerprint density at radius 3 is 2.31 bits per heavy atom. The van der Waals surface area contributed by atoms with E-state index in [2.05, 4.69) is 46.7 Å². The first-order valence-corrected chi connectivity index (χ1v) is 9.11. The molecule has 1 amide bonds. The molecule has 0 spiro atoms. The third kappa shape index (κ3) is 5.77. The molecule has 2 N–H and O–H groups in total. The van der Waals surface area contributed by atoms with Crippen LogP contribution >= 0.6 is 11.6 Å². The van der Waals surface area contributed by atoms with Gasteiger partial charge in [-0.15, -0.1) is 0 Å². The van der Waals surface area contributed by atoms with E-state index in [1.165, 1.54) is 5.69 Å². The zero-order valence-corrected chi connectivity index (χ0v) is 16.1. The Balaban J connectivity index is 1.86. The number of hydrazone groups is 1. The largest absolute Gasteiger partial charge is 0.374 e. The van der Waals surface area contributed by atoms with Gasteiger partial charge >= 0.3 is 0 Å². The summed E-state index contributed by atoms with van der Waals surface area (Å²) in [6, 6.07) is 14.9. The molecule has 0 saturated heterocycles. The topological polar surface area (TPSA) is 56.7 Å². The van der Waals surface area contributed by atoms with Gasteiger partial charge in [0.15, 0.2) is 0 Å². The molecule has 0 aromatic heterocycles. The fourth-order valence-electron chi connectivity index (χ4n) is 2.49. The summed E-state index contributed by atoms with van der Waals surface area (Å²) in [6.45, 7) is 7.98. The lowest BCUT2D eigenvalue weighted by Crippen LogP contribution is -2.34. The summed E-state index contributed by atoms with van der Waals surface area (Å²) in [6.07, 6.45) is 1.64. The van der Waals surface area contributed by atoms with Crippen LogP contribution in [-0.2, 0) is 4.79 Å². The predicted octanol–water partition coefficient (Wildman–Crippen LogP) is 4.14. The van der Waals surface area contributed by atoms with E-state index in [1.54, 1.807) is 25.3 Å². The van der Waals surface area contributed by atoms with Gasteiger partial charge in [0.25, 0.3) is 5.91 Å².